The third-order valence-corrected chi connectivity index (χ3v) is 5.79. The van der Waals surface area contributed by atoms with E-state index in [1.807, 2.05) is 36.4 Å². The maximum Gasteiger partial charge on any atom is 0.234 e. The SMILES string of the molecule is CC(C)(C)c1ccc(-c2nnc(SCC(=O)Nc3ccccc3Br)n2N)cc1. The van der Waals surface area contributed by atoms with Crippen molar-refractivity contribution in [2.45, 2.75) is 31.3 Å². The number of nitrogens with two attached hydrogens (primary N) is 1. The van der Waals surface area contributed by atoms with Crippen molar-refractivity contribution in [1.82, 2.24) is 14.9 Å². The first-order valence-corrected chi connectivity index (χ1v) is 10.5. The van der Waals surface area contributed by atoms with E-state index in [-0.39, 0.29) is 17.1 Å². The number of nitrogens with one attached hydrogen (secondary N) is 1. The first-order valence-electron chi connectivity index (χ1n) is 8.74. The number of carbonyl (C=O) groups excluding carboxylic acids is 1. The molecule has 0 radical (unpaired) electrons. The van der Waals surface area contributed by atoms with E-state index in [0.717, 1.165) is 15.7 Å². The third kappa shape index (κ3) is 4.74. The molecule has 0 aliphatic carbocycles. The maximum atomic E-state index is 12.2. The second-order valence-corrected chi connectivity index (χ2v) is 9.12. The lowest BCUT2D eigenvalue weighted by atomic mass is 9.87. The second kappa shape index (κ2) is 8.36. The number of amides is 1. The molecule has 0 unspecified atom stereocenters. The van der Waals surface area contributed by atoms with Crippen molar-refractivity contribution < 1.29 is 4.79 Å². The Bertz CT molecular complexity index is 979. The van der Waals surface area contributed by atoms with Gasteiger partial charge < -0.3 is 11.2 Å². The lowest BCUT2D eigenvalue weighted by Gasteiger charge is -2.19. The van der Waals surface area contributed by atoms with Crippen molar-refractivity contribution in [3.8, 4) is 11.4 Å². The molecule has 1 amide bonds. The zero-order valence-electron chi connectivity index (χ0n) is 15.9. The molecular formula is C20H22BrN5OS. The predicted molar refractivity (Wildman–Crippen MR) is 118 cm³/mol. The normalized spacial score (nSPS) is 11.4. The summed E-state index contributed by atoms with van der Waals surface area (Å²) in [6.07, 6.45) is 0. The molecule has 0 saturated heterocycles. The van der Waals surface area contributed by atoms with Crippen molar-refractivity contribution in [2.24, 2.45) is 0 Å². The summed E-state index contributed by atoms with van der Waals surface area (Å²) in [5.74, 6) is 6.76. The molecular weight excluding hydrogens is 438 g/mol. The largest absolute Gasteiger partial charge is 0.335 e. The minimum absolute atomic E-state index is 0.0804. The molecule has 0 aliphatic rings. The van der Waals surface area contributed by atoms with Crippen molar-refractivity contribution in [1.29, 1.82) is 0 Å². The minimum Gasteiger partial charge on any atom is -0.335 e. The Kier molecular flexibility index (Phi) is 6.10. The van der Waals surface area contributed by atoms with Crippen LogP contribution in [-0.4, -0.2) is 26.5 Å². The van der Waals surface area contributed by atoms with Crippen LogP contribution in [0, 0.1) is 0 Å². The molecule has 0 bridgehead atoms. The van der Waals surface area contributed by atoms with Crippen LogP contribution in [-0.2, 0) is 10.2 Å². The molecule has 1 aromatic heterocycles. The Labute approximate surface area is 177 Å². The predicted octanol–water partition coefficient (Wildman–Crippen LogP) is 4.45. The lowest BCUT2D eigenvalue weighted by molar-refractivity contribution is -0.113. The monoisotopic (exact) mass is 459 g/mol. The van der Waals surface area contributed by atoms with Gasteiger partial charge in [0.05, 0.1) is 11.4 Å². The summed E-state index contributed by atoms with van der Waals surface area (Å²) in [5, 5.41) is 11.6. The van der Waals surface area contributed by atoms with Crippen molar-refractivity contribution in [3.63, 3.8) is 0 Å². The highest BCUT2D eigenvalue weighted by atomic mass is 79.9. The van der Waals surface area contributed by atoms with Gasteiger partial charge >= 0.3 is 0 Å². The molecule has 0 saturated carbocycles. The van der Waals surface area contributed by atoms with Crippen molar-refractivity contribution >= 4 is 39.3 Å². The van der Waals surface area contributed by atoms with Crippen LogP contribution < -0.4 is 11.2 Å². The van der Waals surface area contributed by atoms with Gasteiger partial charge in [0.2, 0.25) is 11.1 Å². The third-order valence-electron chi connectivity index (χ3n) is 4.15. The number of rotatable bonds is 5. The lowest BCUT2D eigenvalue weighted by Crippen LogP contribution is -2.16. The highest BCUT2D eigenvalue weighted by Gasteiger charge is 2.17. The molecule has 3 rings (SSSR count). The van der Waals surface area contributed by atoms with E-state index in [1.165, 1.54) is 22.0 Å². The molecule has 0 spiro atoms. The Balaban J connectivity index is 1.66. The molecule has 3 aromatic rings. The number of benzene rings is 2. The van der Waals surface area contributed by atoms with Gasteiger partial charge in [0.15, 0.2) is 5.82 Å². The van der Waals surface area contributed by atoms with Gasteiger partial charge in [0, 0.05) is 10.0 Å². The fourth-order valence-corrected chi connectivity index (χ4v) is 3.61. The summed E-state index contributed by atoms with van der Waals surface area (Å²) >= 11 is 4.65. The van der Waals surface area contributed by atoms with Gasteiger partial charge in [-0.3, -0.25) is 4.79 Å². The summed E-state index contributed by atoms with van der Waals surface area (Å²) in [5.41, 5.74) is 2.92. The second-order valence-electron chi connectivity index (χ2n) is 7.32. The van der Waals surface area contributed by atoms with Gasteiger partial charge in [-0.25, -0.2) is 4.68 Å². The van der Waals surface area contributed by atoms with E-state index in [1.54, 1.807) is 0 Å². The first kappa shape index (κ1) is 20.4. The summed E-state index contributed by atoms with van der Waals surface area (Å²) in [4.78, 5) is 12.2. The van der Waals surface area contributed by atoms with Gasteiger partial charge in [0.25, 0.3) is 0 Å². The average molecular weight is 460 g/mol. The van der Waals surface area contributed by atoms with Crippen LogP contribution in [0.3, 0.4) is 0 Å². The number of anilines is 1. The number of thioether (sulfide) groups is 1. The molecule has 0 fully saturated rings. The zero-order chi connectivity index (χ0) is 20.3. The summed E-state index contributed by atoms with van der Waals surface area (Å²) in [6, 6.07) is 15.6. The smallest absolute Gasteiger partial charge is 0.234 e. The number of nitrogens with zero attached hydrogens (tertiary/aromatic N) is 3. The van der Waals surface area contributed by atoms with E-state index >= 15 is 0 Å². The summed E-state index contributed by atoms with van der Waals surface area (Å²) in [6.45, 7) is 6.50. The Morgan fingerprint density at radius 2 is 1.82 bits per heavy atom. The maximum absolute atomic E-state index is 12.2. The Morgan fingerprint density at radius 3 is 2.46 bits per heavy atom. The standard InChI is InChI=1S/C20H22BrN5OS/c1-20(2,3)14-10-8-13(9-11-14)18-24-25-19(26(18)22)28-12-17(27)23-16-7-5-4-6-15(16)21/h4-11H,12,22H2,1-3H3,(H,23,27). The number of carbonyl (C=O) groups is 1. The zero-order valence-corrected chi connectivity index (χ0v) is 18.3. The Hall–Kier alpha value is -2.32. The molecule has 0 atom stereocenters. The molecule has 6 nitrogen and oxygen atoms in total. The van der Waals surface area contributed by atoms with E-state index in [2.05, 4.69) is 64.3 Å². The van der Waals surface area contributed by atoms with Gasteiger partial charge in [-0.15, -0.1) is 10.2 Å². The van der Waals surface area contributed by atoms with Gasteiger partial charge in [0.1, 0.15) is 0 Å². The number of nitrogen functional groups attached to an aromatic ring is 1. The summed E-state index contributed by atoms with van der Waals surface area (Å²) < 4.78 is 2.25. The van der Waals surface area contributed by atoms with Crippen molar-refractivity contribution in [2.75, 3.05) is 16.9 Å². The first-order chi connectivity index (χ1) is 13.3. The van der Waals surface area contributed by atoms with Crippen LogP contribution in [0.25, 0.3) is 11.4 Å². The molecule has 146 valence electrons. The molecule has 2 aromatic carbocycles. The fourth-order valence-electron chi connectivity index (χ4n) is 2.57. The van der Waals surface area contributed by atoms with Crippen LogP contribution in [0.4, 0.5) is 5.69 Å². The number of para-hydroxylation sites is 1. The highest BCUT2D eigenvalue weighted by Crippen LogP contribution is 2.27. The van der Waals surface area contributed by atoms with Crippen LogP contribution in [0.15, 0.2) is 58.2 Å². The minimum atomic E-state index is -0.143. The number of aromatic nitrogens is 3. The number of hydrogen-bond donors (Lipinski definition) is 2. The molecule has 0 aliphatic heterocycles. The summed E-state index contributed by atoms with van der Waals surface area (Å²) in [7, 11) is 0. The fraction of sp³-hybridized carbons (Fsp3) is 0.250. The number of hydrogen-bond acceptors (Lipinski definition) is 5. The van der Waals surface area contributed by atoms with Gasteiger partial charge in [-0.2, -0.15) is 0 Å². The van der Waals surface area contributed by atoms with Crippen LogP contribution in [0.2, 0.25) is 0 Å². The van der Waals surface area contributed by atoms with E-state index in [0.29, 0.717) is 11.0 Å². The van der Waals surface area contributed by atoms with E-state index in [9.17, 15) is 4.79 Å². The molecule has 28 heavy (non-hydrogen) atoms. The Morgan fingerprint density at radius 1 is 1.14 bits per heavy atom. The molecule has 3 N–H and O–H groups in total. The van der Waals surface area contributed by atoms with Crippen LogP contribution in [0.1, 0.15) is 26.3 Å². The average Bonchev–Trinajstić information content (AvgIpc) is 3.02. The van der Waals surface area contributed by atoms with E-state index in [4.69, 9.17) is 5.84 Å². The number of halogens is 1. The van der Waals surface area contributed by atoms with Gasteiger partial charge in [-0.05, 0) is 39.0 Å². The topological polar surface area (TPSA) is 85.8 Å². The van der Waals surface area contributed by atoms with Crippen molar-refractivity contribution in [3.05, 3.63) is 58.6 Å². The molecule has 1 heterocycles. The highest BCUT2D eigenvalue weighted by molar-refractivity contribution is 9.10. The van der Waals surface area contributed by atoms with Crippen LogP contribution >= 0.6 is 27.7 Å². The quantitative estimate of drug-likeness (QED) is 0.434. The van der Waals surface area contributed by atoms with Crippen LogP contribution in [0.5, 0.6) is 0 Å². The molecule has 8 heteroatoms. The van der Waals surface area contributed by atoms with E-state index < -0.39 is 0 Å². The van der Waals surface area contributed by atoms with Gasteiger partial charge in [-0.1, -0.05) is 68.9 Å².